The van der Waals surface area contributed by atoms with Gasteiger partial charge in [-0.2, -0.15) is 0 Å². The maximum Gasteiger partial charge on any atom is 0.183 e. The zero-order chi connectivity index (χ0) is 10.3. The lowest BCUT2D eigenvalue weighted by molar-refractivity contribution is -0.125. The Morgan fingerprint density at radius 1 is 1.21 bits per heavy atom. The van der Waals surface area contributed by atoms with E-state index in [0.717, 1.165) is 5.56 Å². The molecule has 2 rings (SSSR count). The van der Waals surface area contributed by atoms with Gasteiger partial charge >= 0.3 is 0 Å². The summed E-state index contributed by atoms with van der Waals surface area (Å²) in [7, 11) is 0. The number of carbonyl (C=O) groups is 1. The van der Waals surface area contributed by atoms with Crippen molar-refractivity contribution >= 4 is 40.6 Å². The van der Waals surface area contributed by atoms with E-state index in [0.29, 0.717) is 11.4 Å². The molecule has 1 atom stereocenters. The van der Waals surface area contributed by atoms with E-state index in [-0.39, 0.29) is 11.7 Å². The van der Waals surface area contributed by atoms with Gasteiger partial charge in [-0.05, 0) is 17.7 Å². The Morgan fingerprint density at radius 3 is 2.21 bits per heavy atom. The van der Waals surface area contributed by atoms with Gasteiger partial charge in [-0.15, -0.1) is 0 Å². The molecule has 0 radical (unpaired) electrons. The van der Waals surface area contributed by atoms with Gasteiger partial charge < -0.3 is 0 Å². The lowest BCUT2D eigenvalue weighted by Crippen LogP contribution is -2.45. The number of Topliss-reactive ketones (excluding diaryl/α,β-unsaturated/α-hetero) is 1. The lowest BCUT2D eigenvalue weighted by atomic mass is 9.78. The number of halogens is 3. The maximum absolute atomic E-state index is 11.1. The van der Waals surface area contributed by atoms with Crippen LogP contribution in [0.2, 0.25) is 5.02 Å². The van der Waals surface area contributed by atoms with Crippen molar-refractivity contribution in [2.45, 2.75) is 16.7 Å². The van der Waals surface area contributed by atoms with Crippen molar-refractivity contribution in [1.29, 1.82) is 0 Å². The molecular formula is C10H7Cl3O. The monoisotopic (exact) mass is 248 g/mol. The van der Waals surface area contributed by atoms with E-state index in [9.17, 15) is 4.79 Å². The number of ketones is 1. The molecule has 14 heavy (non-hydrogen) atoms. The first-order valence-corrected chi connectivity index (χ1v) is 5.32. The summed E-state index contributed by atoms with van der Waals surface area (Å²) < 4.78 is -1.24. The smallest absolute Gasteiger partial charge is 0.183 e. The van der Waals surface area contributed by atoms with Crippen LogP contribution in [0.5, 0.6) is 0 Å². The fourth-order valence-corrected chi connectivity index (χ4v) is 2.22. The van der Waals surface area contributed by atoms with E-state index < -0.39 is 4.33 Å². The van der Waals surface area contributed by atoms with Gasteiger partial charge in [0, 0.05) is 17.4 Å². The van der Waals surface area contributed by atoms with Gasteiger partial charge in [-0.25, -0.2) is 0 Å². The molecule has 0 amide bonds. The van der Waals surface area contributed by atoms with Crippen LogP contribution in [0.4, 0.5) is 0 Å². The normalized spacial score (nSPS) is 24.5. The number of hydrogen-bond acceptors (Lipinski definition) is 1. The predicted molar refractivity (Wildman–Crippen MR) is 58.3 cm³/mol. The lowest BCUT2D eigenvalue weighted by Gasteiger charge is -2.38. The van der Waals surface area contributed by atoms with Gasteiger partial charge in [0.1, 0.15) is 0 Å². The van der Waals surface area contributed by atoms with Crippen LogP contribution >= 0.6 is 34.8 Å². The summed E-state index contributed by atoms with van der Waals surface area (Å²) in [6, 6.07) is 7.23. The van der Waals surface area contributed by atoms with Crippen molar-refractivity contribution in [3.8, 4) is 0 Å². The highest BCUT2D eigenvalue weighted by Gasteiger charge is 2.52. The molecule has 0 bridgehead atoms. The van der Waals surface area contributed by atoms with Gasteiger partial charge in [0.25, 0.3) is 0 Å². The Kier molecular flexibility index (Phi) is 2.50. The maximum atomic E-state index is 11.1. The molecule has 74 valence electrons. The van der Waals surface area contributed by atoms with E-state index in [1.54, 1.807) is 12.1 Å². The Labute approximate surface area is 97.0 Å². The fraction of sp³-hybridized carbons (Fsp3) is 0.300. The summed E-state index contributed by atoms with van der Waals surface area (Å²) in [5, 5.41) is 0.661. The Hall–Kier alpha value is -0.240. The molecule has 1 nitrogen and oxygen atoms in total. The summed E-state index contributed by atoms with van der Waals surface area (Å²) in [6.45, 7) is 0. The van der Waals surface area contributed by atoms with Crippen molar-refractivity contribution in [3.05, 3.63) is 34.9 Å². The predicted octanol–water partition coefficient (Wildman–Crippen LogP) is 3.57. The second kappa shape index (κ2) is 3.41. The topological polar surface area (TPSA) is 17.1 Å². The summed E-state index contributed by atoms with van der Waals surface area (Å²) >= 11 is 17.5. The Bertz CT molecular complexity index is 369. The molecule has 1 fully saturated rings. The number of benzene rings is 1. The third-order valence-corrected chi connectivity index (χ3v) is 3.67. The highest BCUT2D eigenvalue weighted by Crippen LogP contribution is 2.50. The molecule has 1 aromatic carbocycles. The molecule has 1 aliphatic carbocycles. The molecule has 4 heteroatoms. The van der Waals surface area contributed by atoms with Crippen molar-refractivity contribution in [3.63, 3.8) is 0 Å². The Balaban J connectivity index is 2.26. The van der Waals surface area contributed by atoms with Crippen LogP contribution in [-0.2, 0) is 4.79 Å². The van der Waals surface area contributed by atoms with Gasteiger partial charge in [-0.1, -0.05) is 46.9 Å². The van der Waals surface area contributed by atoms with Crippen LogP contribution < -0.4 is 0 Å². The van der Waals surface area contributed by atoms with Crippen molar-refractivity contribution in [1.82, 2.24) is 0 Å². The zero-order valence-corrected chi connectivity index (χ0v) is 9.40. The van der Waals surface area contributed by atoms with E-state index in [4.69, 9.17) is 34.8 Å². The molecule has 0 aromatic heterocycles. The van der Waals surface area contributed by atoms with Crippen LogP contribution in [0.1, 0.15) is 17.9 Å². The molecule has 1 aliphatic rings. The van der Waals surface area contributed by atoms with Crippen molar-refractivity contribution in [2.75, 3.05) is 0 Å². The van der Waals surface area contributed by atoms with Crippen LogP contribution in [0, 0.1) is 0 Å². The van der Waals surface area contributed by atoms with Gasteiger partial charge in [0.2, 0.25) is 0 Å². The third-order valence-electron chi connectivity index (χ3n) is 2.47. The van der Waals surface area contributed by atoms with Gasteiger partial charge in [0.15, 0.2) is 10.1 Å². The summed E-state index contributed by atoms with van der Waals surface area (Å²) in [5.74, 6) is -0.212. The second-order valence-electron chi connectivity index (χ2n) is 3.35. The van der Waals surface area contributed by atoms with E-state index in [1.165, 1.54) is 0 Å². The van der Waals surface area contributed by atoms with Crippen LogP contribution in [0.25, 0.3) is 0 Å². The third kappa shape index (κ3) is 1.54. The molecule has 0 N–H and O–H groups in total. The average molecular weight is 250 g/mol. The largest absolute Gasteiger partial charge is 0.296 e. The quantitative estimate of drug-likeness (QED) is 0.696. The average Bonchev–Trinajstić information content (AvgIpc) is 2.16. The molecule has 0 saturated heterocycles. The molecule has 1 aromatic rings. The Morgan fingerprint density at radius 2 is 1.79 bits per heavy atom. The molecule has 1 saturated carbocycles. The minimum atomic E-state index is -1.24. The number of carbonyl (C=O) groups excluding carboxylic acids is 1. The molecule has 0 heterocycles. The first kappa shape index (κ1) is 10.3. The minimum absolute atomic E-state index is 0.101. The van der Waals surface area contributed by atoms with E-state index in [1.807, 2.05) is 12.1 Å². The highest BCUT2D eigenvalue weighted by atomic mass is 35.5. The first-order chi connectivity index (χ1) is 6.51. The molecule has 0 spiro atoms. The minimum Gasteiger partial charge on any atom is -0.296 e. The van der Waals surface area contributed by atoms with Crippen molar-refractivity contribution < 1.29 is 4.79 Å². The standard InChI is InChI=1S/C10H7Cl3O/c11-7-3-1-6(2-4-7)8-5-9(14)10(8,12)13/h1-4,8H,5H2. The summed E-state index contributed by atoms with van der Waals surface area (Å²) in [4.78, 5) is 11.1. The molecular weight excluding hydrogens is 242 g/mol. The zero-order valence-electron chi connectivity index (χ0n) is 7.14. The van der Waals surface area contributed by atoms with Gasteiger partial charge in [0.05, 0.1) is 0 Å². The molecule has 0 aliphatic heterocycles. The number of rotatable bonds is 1. The second-order valence-corrected chi connectivity index (χ2v) is 5.18. The van der Waals surface area contributed by atoms with E-state index >= 15 is 0 Å². The van der Waals surface area contributed by atoms with E-state index in [2.05, 4.69) is 0 Å². The van der Waals surface area contributed by atoms with Crippen LogP contribution in [0.3, 0.4) is 0 Å². The van der Waals surface area contributed by atoms with Crippen molar-refractivity contribution in [2.24, 2.45) is 0 Å². The van der Waals surface area contributed by atoms with Gasteiger partial charge in [-0.3, -0.25) is 4.79 Å². The molecule has 1 unspecified atom stereocenters. The fourth-order valence-electron chi connectivity index (χ4n) is 1.54. The summed E-state index contributed by atoms with van der Waals surface area (Å²) in [6.07, 6.45) is 0.411. The SMILES string of the molecule is O=C1CC(c2ccc(Cl)cc2)C1(Cl)Cl. The number of alkyl halides is 2. The summed E-state index contributed by atoms with van der Waals surface area (Å²) in [5.41, 5.74) is 0.957. The van der Waals surface area contributed by atoms with Crippen LogP contribution in [-0.4, -0.2) is 10.1 Å². The first-order valence-electron chi connectivity index (χ1n) is 4.18. The number of hydrogen-bond donors (Lipinski definition) is 0. The van der Waals surface area contributed by atoms with Crippen LogP contribution in [0.15, 0.2) is 24.3 Å². The highest BCUT2D eigenvalue weighted by molar-refractivity contribution is 6.61.